The van der Waals surface area contributed by atoms with Crippen molar-refractivity contribution in [3.05, 3.63) is 128 Å². The highest BCUT2D eigenvalue weighted by molar-refractivity contribution is 7.81. The van der Waals surface area contributed by atoms with Gasteiger partial charge in [0, 0.05) is 0 Å². The summed E-state index contributed by atoms with van der Waals surface area (Å²) in [6.07, 6.45) is 1.63. The van der Waals surface area contributed by atoms with E-state index in [-0.39, 0.29) is 10.7 Å². The Balaban J connectivity index is 1.49. The average molecular weight is 589 g/mol. The zero-order chi connectivity index (χ0) is 31.0. The van der Waals surface area contributed by atoms with Gasteiger partial charge in [-0.2, -0.15) is 0 Å². The van der Waals surface area contributed by atoms with Crippen molar-refractivity contribution in [2.24, 2.45) is 0 Å². The molecule has 43 heavy (non-hydrogen) atoms. The van der Waals surface area contributed by atoms with Gasteiger partial charge in [-0.3, -0.25) is 19.4 Å². The summed E-state index contributed by atoms with van der Waals surface area (Å²) in [6.45, 7) is 14.8. The largest absolute Gasteiger partial charge is 0.489 e. The van der Waals surface area contributed by atoms with Gasteiger partial charge in [0.05, 0.1) is 11.4 Å². The van der Waals surface area contributed by atoms with E-state index >= 15 is 0 Å². The summed E-state index contributed by atoms with van der Waals surface area (Å²) in [4.78, 5) is 30.8. The number of hydrogen-bond acceptors (Lipinski definition) is 4. The first-order chi connectivity index (χ1) is 20.4. The lowest BCUT2D eigenvalue weighted by Crippen LogP contribution is -2.57. The minimum absolute atomic E-state index is 0.0321. The summed E-state index contributed by atoms with van der Waals surface area (Å²) >= 11 is 5.81. The highest BCUT2D eigenvalue weighted by Gasteiger charge is 2.41. The summed E-state index contributed by atoms with van der Waals surface area (Å²) in [6, 6.07) is 23.2. The quantitative estimate of drug-likeness (QED) is 0.130. The first kappa shape index (κ1) is 29.9. The Labute approximate surface area is 259 Å². The van der Waals surface area contributed by atoms with Gasteiger partial charge < -0.3 is 4.74 Å². The molecule has 5 nitrogen and oxygen atoms in total. The molecule has 4 aromatic rings. The molecule has 1 heterocycles. The molecule has 4 aromatic carbocycles. The van der Waals surface area contributed by atoms with Crippen LogP contribution in [-0.2, 0) is 16.2 Å². The van der Waals surface area contributed by atoms with E-state index in [1.165, 1.54) is 32.1 Å². The second-order valence-electron chi connectivity index (χ2n) is 11.4. The molecule has 1 saturated heterocycles. The van der Waals surface area contributed by atoms with Crippen LogP contribution in [0.15, 0.2) is 78.4 Å². The fourth-order valence-corrected chi connectivity index (χ4v) is 5.71. The fourth-order valence-electron chi connectivity index (χ4n) is 5.33. The Morgan fingerprint density at radius 2 is 1.12 bits per heavy atom. The minimum atomic E-state index is -0.455. The van der Waals surface area contributed by atoms with E-state index in [1.54, 1.807) is 6.08 Å². The van der Waals surface area contributed by atoms with E-state index in [2.05, 4.69) is 32.9 Å². The maximum Gasteiger partial charge on any atom is 0.270 e. The molecule has 0 N–H and O–H groups in total. The van der Waals surface area contributed by atoms with E-state index < -0.39 is 11.8 Å². The molecule has 1 aliphatic rings. The molecule has 0 saturated carbocycles. The number of carbonyl (C=O) groups is 2. The van der Waals surface area contributed by atoms with Crippen LogP contribution in [0.4, 0.5) is 11.4 Å². The van der Waals surface area contributed by atoms with Gasteiger partial charge in [0.15, 0.2) is 5.11 Å². The van der Waals surface area contributed by atoms with E-state index in [4.69, 9.17) is 17.0 Å². The van der Waals surface area contributed by atoms with Gasteiger partial charge in [0.25, 0.3) is 11.8 Å². The Bertz CT molecular complexity index is 1710. The normalized spacial score (nSPS) is 13.6. The van der Waals surface area contributed by atoms with Crippen molar-refractivity contribution in [3.63, 3.8) is 0 Å². The second kappa shape index (κ2) is 12.0. The van der Waals surface area contributed by atoms with Crippen LogP contribution in [0.2, 0.25) is 0 Å². The van der Waals surface area contributed by atoms with Gasteiger partial charge in [0.2, 0.25) is 0 Å². The van der Waals surface area contributed by atoms with Gasteiger partial charge in [-0.25, -0.2) is 0 Å². The number of amides is 2. The molecule has 0 aromatic heterocycles. The van der Waals surface area contributed by atoms with Crippen molar-refractivity contribution in [2.75, 3.05) is 9.80 Å². The van der Waals surface area contributed by atoms with E-state index in [0.29, 0.717) is 29.3 Å². The maximum atomic E-state index is 14.0. The molecular weight excluding hydrogens is 552 g/mol. The van der Waals surface area contributed by atoms with Gasteiger partial charge in [-0.05, 0) is 148 Å². The Hall–Kier alpha value is -4.55. The molecular formula is C37H36N2O3S. The van der Waals surface area contributed by atoms with Crippen molar-refractivity contribution in [2.45, 2.75) is 55.1 Å². The molecule has 0 radical (unpaired) electrons. The first-order valence-electron chi connectivity index (χ1n) is 14.3. The molecule has 0 unspecified atom stereocenters. The molecule has 5 rings (SSSR count). The Morgan fingerprint density at radius 3 is 1.58 bits per heavy atom. The van der Waals surface area contributed by atoms with Crippen LogP contribution in [0.3, 0.4) is 0 Å². The number of benzene rings is 4. The first-order valence-corrected chi connectivity index (χ1v) is 14.7. The summed E-state index contributed by atoms with van der Waals surface area (Å²) < 4.78 is 6.10. The molecule has 218 valence electrons. The van der Waals surface area contributed by atoms with Crippen LogP contribution in [0.25, 0.3) is 6.08 Å². The lowest BCUT2D eigenvalue weighted by Gasteiger charge is -2.37. The average Bonchev–Trinajstić information content (AvgIpc) is 2.95. The molecule has 6 heteroatoms. The lowest BCUT2D eigenvalue weighted by molar-refractivity contribution is -0.120. The number of rotatable bonds is 6. The SMILES string of the molecule is Cc1cc(C)c(COc2ccc(C=C3C(=O)N(c4ccc(C)c(C)c4)C(=S)N(c4ccc(C)c(C)c4)C3=O)cc2)c(C)c1. The van der Waals surface area contributed by atoms with Crippen molar-refractivity contribution in [1.82, 2.24) is 0 Å². The number of anilines is 2. The van der Waals surface area contributed by atoms with Crippen molar-refractivity contribution in [1.29, 1.82) is 0 Å². The van der Waals surface area contributed by atoms with E-state index in [1.807, 2.05) is 88.4 Å². The Morgan fingerprint density at radius 1 is 0.628 bits per heavy atom. The number of ether oxygens (including phenoxy) is 1. The second-order valence-corrected chi connectivity index (χ2v) is 11.8. The molecule has 1 aliphatic heterocycles. The standard InChI is InChI=1S/C37H36N2O3S/c1-22-16-27(6)34(28(7)17-22)21-42-32-14-10-29(11-15-32)20-33-35(40)38(30-12-8-23(2)25(4)18-30)37(43)39(36(33)41)31-13-9-24(3)26(5)19-31/h8-20H,21H2,1-7H3. The van der Waals surface area contributed by atoms with E-state index in [0.717, 1.165) is 22.3 Å². The lowest BCUT2D eigenvalue weighted by atomic mass is 10.0. The summed E-state index contributed by atoms with van der Waals surface area (Å²) in [5, 5.41) is 0.129. The van der Waals surface area contributed by atoms with Crippen molar-refractivity contribution >= 4 is 46.6 Å². The van der Waals surface area contributed by atoms with Gasteiger partial charge in [0.1, 0.15) is 17.9 Å². The van der Waals surface area contributed by atoms with Crippen LogP contribution in [-0.4, -0.2) is 16.9 Å². The molecule has 0 aliphatic carbocycles. The number of nitrogens with zero attached hydrogens (tertiary/aromatic N) is 2. The molecule has 0 bridgehead atoms. The number of hydrogen-bond donors (Lipinski definition) is 0. The van der Waals surface area contributed by atoms with Crippen LogP contribution in [0.1, 0.15) is 50.1 Å². The van der Waals surface area contributed by atoms with Crippen molar-refractivity contribution < 1.29 is 14.3 Å². The molecule has 1 fully saturated rings. The van der Waals surface area contributed by atoms with Gasteiger partial charge >= 0.3 is 0 Å². The van der Waals surface area contributed by atoms with Gasteiger partial charge in [-0.1, -0.05) is 42.0 Å². The highest BCUT2D eigenvalue weighted by atomic mass is 32.1. The van der Waals surface area contributed by atoms with Crippen LogP contribution in [0.5, 0.6) is 5.75 Å². The van der Waals surface area contributed by atoms with Crippen molar-refractivity contribution in [3.8, 4) is 5.75 Å². The monoisotopic (exact) mass is 588 g/mol. The molecule has 0 spiro atoms. The van der Waals surface area contributed by atoms with Crippen LogP contribution in [0, 0.1) is 48.5 Å². The number of carbonyl (C=O) groups excluding carboxylic acids is 2. The van der Waals surface area contributed by atoms with Gasteiger partial charge in [-0.15, -0.1) is 0 Å². The number of thiocarbonyl (C=S) groups is 1. The van der Waals surface area contributed by atoms with Crippen LogP contribution < -0.4 is 14.5 Å². The smallest absolute Gasteiger partial charge is 0.270 e. The van der Waals surface area contributed by atoms with E-state index in [9.17, 15) is 9.59 Å². The van der Waals surface area contributed by atoms with Crippen LogP contribution >= 0.6 is 12.2 Å². The molecule has 2 amide bonds. The zero-order valence-corrected chi connectivity index (χ0v) is 26.6. The third-order valence-electron chi connectivity index (χ3n) is 8.16. The highest BCUT2D eigenvalue weighted by Crippen LogP contribution is 2.32. The summed E-state index contributed by atoms with van der Waals surface area (Å²) in [5.74, 6) is -0.203. The summed E-state index contributed by atoms with van der Waals surface area (Å²) in [7, 11) is 0. The number of aryl methyl sites for hydroxylation is 7. The maximum absolute atomic E-state index is 14.0. The fraction of sp³-hybridized carbons (Fsp3) is 0.216. The topological polar surface area (TPSA) is 49.9 Å². The third kappa shape index (κ3) is 6.02. The predicted molar refractivity (Wildman–Crippen MR) is 179 cm³/mol. The minimum Gasteiger partial charge on any atom is -0.489 e. The summed E-state index contributed by atoms with van der Waals surface area (Å²) in [5.41, 5.74) is 11.1. The third-order valence-corrected chi connectivity index (χ3v) is 8.53. The molecule has 0 atom stereocenters. The predicted octanol–water partition coefficient (Wildman–Crippen LogP) is 8.17. The zero-order valence-electron chi connectivity index (χ0n) is 25.7. The Kier molecular flexibility index (Phi) is 8.34.